The lowest BCUT2D eigenvalue weighted by molar-refractivity contribution is -0.137. The topological polar surface area (TPSA) is 88.8 Å². The Bertz CT molecular complexity index is 626. The highest BCUT2D eigenvalue weighted by atomic mass is 32.2. The van der Waals surface area contributed by atoms with Crippen molar-refractivity contribution in [2.45, 2.75) is 11.9 Å². The lowest BCUT2D eigenvalue weighted by Crippen LogP contribution is -2.04. The van der Waals surface area contributed by atoms with Crippen LogP contribution in [-0.2, 0) is 11.9 Å². The van der Waals surface area contributed by atoms with Gasteiger partial charge in [-0.05, 0) is 12.1 Å². The summed E-state index contributed by atoms with van der Waals surface area (Å²) in [4.78, 5) is 3.96. The molecule has 0 radical (unpaired) electrons. The van der Waals surface area contributed by atoms with E-state index in [4.69, 9.17) is 15.7 Å². The molecule has 0 aliphatic rings. The Kier molecular flexibility index (Phi) is 3.98. The summed E-state index contributed by atoms with van der Waals surface area (Å²) in [6, 6.07) is 4.66. The molecule has 3 N–H and O–H groups in total. The molecule has 0 spiro atoms. The van der Waals surface area contributed by atoms with Crippen LogP contribution >= 0.6 is 11.8 Å². The number of nitrogens with one attached hydrogen (secondary N) is 1. The summed E-state index contributed by atoms with van der Waals surface area (Å²) in [6.07, 6.45) is -4.42. The Morgan fingerprint density at radius 1 is 1.40 bits per heavy atom. The van der Waals surface area contributed by atoms with Crippen molar-refractivity contribution in [2.24, 2.45) is 5.73 Å². The van der Waals surface area contributed by atoms with E-state index < -0.39 is 11.7 Å². The van der Waals surface area contributed by atoms with Gasteiger partial charge in [0, 0.05) is 5.56 Å². The number of hydrogen-bond donors (Lipinski definition) is 2. The predicted molar refractivity (Wildman–Crippen MR) is 67.9 cm³/mol. The van der Waals surface area contributed by atoms with Crippen LogP contribution in [0, 0.1) is 5.41 Å². The molecule has 0 saturated carbocycles. The fourth-order valence-corrected chi connectivity index (χ4v) is 1.80. The quantitative estimate of drug-likeness (QED) is 0.672. The van der Waals surface area contributed by atoms with E-state index in [1.165, 1.54) is 12.1 Å². The zero-order chi connectivity index (χ0) is 14.8. The van der Waals surface area contributed by atoms with E-state index >= 15 is 0 Å². The summed E-state index contributed by atoms with van der Waals surface area (Å²) >= 11 is 0.985. The van der Waals surface area contributed by atoms with Gasteiger partial charge in [-0.25, -0.2) is 0 Å². The van der Waals surface area contributed by atoms with E-state index in [2.05, 4.69) is 10.1 Å². The first-order valence-corrected chi connectivity index (χ1v) is 6.32. The minimum Gasteiger partial charge on any atom is -0.379 e. The van der Waals surface area contributed by atoms with E-state index in [0.29, 0.717) is 0 Å². The van der Waals surface area contributed by atoms with Crippen LogP contribution in [0.4, 0.5) is 13.2 Å². The van der Waals surface area contributed by atoms with Crippen molar-refractivity contribution >= 4 is 16.9 Å². The fraction of sp³-hybridized carbons (Fsp3) is 0.182. The first-order chi connectivity index (χ1) is 9.36. The molecule has 1 aromatic heterocycles. The molecule has 2 aromatic rings. The highest BCUT2D eigenvalue weighted by Crippen LogP contribution is 2.31. The number of halogens is 3. The average Bonchev–Trinajstić information content (AvgIpc) is 2.84. The molecule has 0 bridgehead atoms. The third-order valence-corrected chi connectivity index (χ3v) is 2.97. The number of rotatable bonds is 3. The lowest BCUT2D eigenvalue weighted by atomic mass is 10.1. The van der Waals surface area contributed by atoms with Crippen molar-refractivity contribution in [1.29, 1.82) is 5.41 Å². The van der Waals surface area contributed by atoms with Crippen LogP contribution in [0.3, 0.4) is 0 Å². The van der Waals surface area contributed by atoms with Crippen LogP contribution in [0.25, 0.3) is 11.4 Å². The van der Waals surface area contributed by atoms with Crippen molar-refractivity contribution in [3.63, 3.8) is 0 Å². The molecule has 9 heteroatoms. The van der Waals surface area contributed by atoms with E-state index in [-0.39, 0.29) is 28.2 Å². The van der Waals surface area contributed by atoms with Gasteiger partial charge in [-0.3, -0.25) is 5.41 Å². The van der Waals surface area contributed by atoms with Gasteiger partial charge in [0.25, 0.3) is 0 Å². The van der Waals surface area contributed by atoms with Crippen molar-refractivity contribution < 1.29 is 17.7 Å². The summed E-state index contributed by atoms with van der Waals surface area (Å²) in [5.74, 6) is 0.453. The fourth-order valence-electron chi connectivity index (χ4n) is 1.40. The van der Waals surface area contributed by atoms with E-state index in [0.717, 1.165) is 23.9 Å². The first-order valence-electron chi connectivity index (χ1n) is 5.33. The van der Waals surface area contributed by atoms with E-state index in [1.807, 2.05) is 0 Å². The van der Waals surface area contributed by atoms with Gasteiger partial charge in [0.2, 0.25) is 11.7 Å². The summed E-state index contributed by atoms with van der Waals surface area (Å²) in [7, 11) is 0. The molecule has 5 nitrogen and oxygen atoms in total. The van der Waals surface area contributed by atoms with Gasteiger partial charge < -0.3 is 10.3 Å². The Balaban J connectivity index is 2.22. The second kappa shape index (κ2) is 5.53. The summed E-state index contributed by atoms with van der Waals surface area (Å²) in [5.41, 5.74) is 4.59. The molecular formula is C11H9F3N4OS. The number of thioether (sulfide) groups is 1. The third kappa shape index (κ3) is 3.50. The van der Waals surface area contributed by atoms with Gasteiger partial charge in [0.05, 0.1) is 11.3 Å². The number of hydrogen-bond acceptors (Lipinski definition) is 5. The molecule has 0 atom stereocenters. The Morgan fingerprint density at radius 2 is 2.15 bits per heavy atom. The molecule has 0 saturated heterocycles. The van der Waals surface area contributed by atoms with Crippen molar-refractivity contribution in [3.05, 3.63) is 35.7 Å². The van der Waals surface area contributed by atoms with Gasteiger partial charge >= 0.3 is 6.18 Å². The monoisotopic (exact) mass is 302 g/mol. The molecular weight excluding hydrogens is 293 g/mol. The summed E-state index contributed by atoms with van der Waals surface area (Å²) in [6.45, 7) is 0. The highest BCUT2D eigenvalue weighted by molar-refractivity contribution is 8.12. The van der Waals surface area contributed by atoms with Crippen molar-refractivity contribution in [2.75, 3.05) is 0 Å². The number of aromatic nitrogens is 2. The Morgan fingerprint density at radius 3 is 2.80 bits per heavy atom. The minimum atomic E-state index is -4.42. The molecule has 0 aliphatic heterocycles. The van der Waals surface area contributed by atoms with Crippen LogP contribution in [0.2, 0.25) is 0 Å². The predicted octanol–water partition coefficient (Wildman–Crippen LogP) is 2.88. The second-order valence-corrected chi connectivity index (χ2v) is 4.76. The average molecular weight is 302 g/mol. The van der Waals surface area contributed by atoms with Crippen LogP contribution in [0.1, 0.15) is 11.5 Å². The molecule has 2 rings (SSSR count). The van der Waals surface area contributed by atoms with E-state index in [1.54, 1.807) is 0 Å². The van der Waals surface area contributed by atoms with Crippen molar-refractivity contribution in [1.82, 2.24) is 10.1 Å². The standard InChI is InChI=1S/C11H9F3N4OS/c12-11(13,14)7-3-1-2-6(4-7)9-17-8(19-18-9)5-20-10(15)16/h1-4H,5H2,(H3,15,16). The van der Waals surface area contributed by atoms with Gasteiger partial charge in [-0.1, -0.05) is 29.1 Å². The Labute approximate surface area is 115 Å². The first kappa shape index (κ1) is 14.4. The zero-order valence-electron chi connectivity index (χ0n) is 9.94. The maximum absolute atomic E-state index is 12.6. The zero-order valence-corrected chi connectivity index (χ0v) is 10.8. The maximum atomic E-state index is 12.6. The number of benzene rings is 1. The van der Waals surface area contributed by atoms with Gasteiger partial charge in [-0.2, -0.15) is 18.2 Å². The molecule has 0 amide bonds. The number of nitrogens with two attached hydrogens (primary N) is 1. The SMILES string of the molecule is N=C(N)SCc1nc(-c2cccc(C(F)(F)F)c2)no1. The molecule has 0 fully saturated rings. The van der Waals surface area contributed by atoms with Crippen LogP contribution < -0.4 is 5.73 Å². The molecule has 1 aromatic carbocycles. The smallest absolute Gasteiger partial charge is 0.379 e. The van der Waals surface area contributed by atoms with Crippen LogP contribution in [0.5, 0.6) is 0 Å². The van der Waals surface area contributed by atoms with Gasteiger partial charge in [0.15, 0.2) is 5.17 Å². The van der Waals surface area contributed by atoms with Crippen molar-refractivity contribution in [3.8, 4) is 11.4 Å². The van der Waals surface area contributed by atoms with E-state index in [9.17, 15) is 13.2 Å². The minimum absolute atomic E-state index is 0.0650. The van der Waals surface area contributed by atoms with Gasteiger partial charge in [-0.15, -0.1) is 0 Å². The second-order valence-electron chi connectivity index (χ2n) is 3.74. The maximum Gasteiger partial charge on any atom is 0.416 e. The summed E-state index contributed by atoms with van der Waals surface area (Å²) in [5, 5.41) is 10.5. The molecule has 1 heterocycles. The Hall–Kier alpha value is -2.03. The van der Waals surface area contributed by atoms with Crippen LogP contribution in [-0.4, -0.2) is 15.3 Å². The normalized spacial score (nSPS) is 11.6. The lowest BCUT2D eigenvalue weighted by Gasteiger charge is -2.06. The van der Waals surface area contributed by atoms with Crippen LogP contribution in [0.15, 0.2) is 28.8 Å². The molecule has 0 unspecified atom stereocenters. The number of amidine groups is 1. The molecule has 20 heavy (non-hydrogen) atoms. The molecule has 0 aliphatic carbocycles. The number of nitrogens with zero attached hydrogens (tertiary/aromatic N) is 2. The number of alkyl halides is 3. The summed E-state index contributed by atoms with van der Waals surface area (Å²) < 4.78 is 42.7. The van der Waals surface area contributed by atoms with Gasteiger partial charge in [0.1, 0.15) is 0 Å². The largest absolute Gasteiger partial charge is 0.416 e. The molecule has 106 valence electrons. The highest BCUT2D eigenvalue weighted by Gasteiger charge is 2.30. The third-order valence-electron chi connectivity index (χ3n) is 2.27.